The van der Waals surface area contributed by atoms with E-state index >= 15 is 0 Å². The fraction of sp³-hybridized carbons (Fsp3) is 0.571. The van der Waals surface area contributed by atoms with Crippen LogP contribution < -0.4 is 5.32 Å². The van der Waals surface area contributed by atoms with Crippen molar-refractivity contribution in [2.45, 2.75) is 45.1 Å². The molecule has 4 nitrogen and oxygen atoms in total. The van der Waals surface area contributed by atoms with Crippen LogP contribution in [0.2, 0.25) is 0 Å². The van der Waals surface area contributed by atoms with Gasteiger partial charge in [-0.15, -0.1) is 11.3 Å². The van der Waals surface area contributed by atoms with Crippen molar-refractivity contribution in [2.75, 3.05) is 0 Å². The Balaban J connectivity index is 2.07. The number of carboxylic acid groups (broad SMARTS) is 1. The molecule has 5 heteroatoms. The van der Waals surface area contributed by atoms with Gasteiger partial charge in [-0.3, -0.25) is 9.59 Å². The maximum Gasteiger partial charge on any atom is 0.308 e. The summed E-state index contributed by atoms with van der Waals surface area (Å²) in [5, 5.41) is 14.0. The molecule has 1 saturated carbocycles. The monoisotopic (exact) mass is 281 g/mol. The lowest BCUT2D eigenvalue weighted by molar-refractivity contribution is -0.143. The van der Waals surface area contributed by atoms with Crippen molar-refractivity contribution in [3.8, 4) is 0 Å². The van der Waals surface area contributed by atoms with Crippen LogP contribution in [0.5, 0.6) is 0 Å². The molecule has 2 N–H and O–H groups in total. The fourth-order valence-corrected chi connectivity index (χ4v) is 3.54. The Morgan fingerprint density at radius 3 is 2.84 bits per heavy atom. The second kappa shape index (κ2) is 6.19. The van der Waals surface area contributed by atoms with Gasteiger partial charge >= 0.3 is 5.97 Å². The van der Waals surface area contributed by atoms with Crippen molar-refractivity contribution in [3.63, 3.8) is 0 Å². The zero-order valence-electron chi connectivity index (χ0n) is 11.0. The first-order valence-corrected chi connectivity index (χ1v) is 7.61. The third-order valence-corrected chi connectivity index (χ3v) is 4.69. The van der Waals surface area contributed by atoms with E-state index in [1.54, 1.807) is 0 Å². The lowest BCUT2D eigenvalue weighted by atomic mass is 9.84. The van der Waals surface area contributed by atoms with Crippen LogP contribution in [0.3, 0.4) is 0 Å². The molecule has 1 fully saturated rings. The van der Waals surface area contributed by atoms with E-state index in [-0.39, 0.29) is 11.9 Å². The zero-order valence-corrected chi connectivity index (χ0v) is 11.8. The van der Waals surface area contributed by atoms with Crippen LogP contribution in [-0.2, 0) is 11.2 Å². The van der Waals surface area contributed by atoms with Crippen molar-refractivity contribution in [3.05, 3.63) is 21.9 Å². The summed E-state index contributed by atoms with van der Waals surface area (Å²) < 4.78 is 0. The Morgan fingerprint density at radius 2 is 2.16 bits per heavy atom. The summed E-state index contributed by atoms with van der Waals surface area (Å²) in [6, 6.07) is 1.72. The van der Waals surface area contributed by atoms with Gasteiger partial charge in [0.25, 0.3) is 5.91 Å². The van der Waals surface area contributed by atoms with E-state index in [0.29, 0.717) is 6.42 Å². The number of rotatable bonds is 4. The van der Waals surface area contributed by atoms with Gasteiger partial charge in [0, 0.05) is 6.04 Å². The number of hydrogen-bond acceptors (Lipinski definition) is 3. The van der Waals surface area contributed by atoms with Gasteiger partial charge in [-0.05, 0) is 36.3 Å². The largest absolute Gasteiger partial charge is 0.481 e. The average molecular weight is 281 g/mol. The summed E-state index contributed by atoms with van der Waals surface area (Å²) >= 11 is 1.42. The smallest absolute Gasteiger partial charge is 0.308 e. The van der Waals surface area contributed by atoms with Gasteiger partial charge in [0.1, 0.15) is 0 Å². The third kappa shape index (κ3) is 3.15. The fourth-order valence-electron chi connectivity index (χ4n) is 2.65. The standard InChI is InChI=1S/C14H19NO3S/c1-2-9-7-8-19-12(9)13(16)15-11-6-4-3-5-10(11)14(17)18/h7-8,10-11H,2-6H2,1H3,(H,15,16)(H,17,18)/t10-,11+/m1/s1. The Bertz CT molecular complexity index is 469. The van der Waals surface area contributed by atoms with E-state index in [1.165, 1.54) is 11.3 Å². The van der Waals surface area contributed by atoms with Crippen LogP contribution in [0, 0.1) is 5.92 Å². The minimum Gasteiger partial charge on any atom is -0.481 e. The Labute approximate surface area is 116 Å². The SMILES string of the molecule is CCc1ccsc1C(=O)N[C@H]1CCCC[C@H]1C(=O)O. The van der Waals surface area contributed by atoms with Crippen molar-refractivity contribution in [2.24, 2.45) is 5.92 Å². The Morgan fingerprint density at radius 1 is 1.42 bits per heavy atom. The van der Waals surface area contributed by atoms with E-state index in [0.717, 1.165) is 36.1 Å². The Kier molecular flexibility index (Phi) is 4.58. The summed E-state index contributed by atoms with van der Waals surface area (Å²) in [7, 11) is 0. The number of hydrogen-bond donors (Lipinski definition) is 2. The average Bonchev–Trinajstić information content (AvgIpc) is 2.87. The van der Waals surface area contributed by atoms with Gasteiger partial charge in [-0.25, -0.2) is 0 Å². The molecule has 1 heterocycles. The first kappa shape index (κ1) is 14.1. The molecule has 1 aromatic heterocycles. The third-order valence-electron chi connectivity index (χ3n) is 3.73. The first-order valence-electron chi connectivity index (χ1n) is 6.73. The summed E-state index contributed by atoms with van der Waals surface area (Å²) in [6.45, 7) is 2.01. The molecule has 1 amide bonds. The maximum atomic E-state index is 12.2. The molecule has 0 aliphatic heterocycles. The van der Waals surface area contributed by atoms with Crippen molar-refractivity contribution in [1.82, 2.24) is 5.32 Å². The van der Waals surface area contributed by atoms with E-state index in [4.69, 9.17) is 0 Å². The van der Waals surface area contributed by atoms with Gasteiger partial charge < -0.3 is 10.4 Å². The van der Waals surface area contributed by atoms with Crippen LogP contribution in [-0.4, -0.2) is 23.0 Å². The number of aliphatic carboxylic acids is 1. The minimum absolute atomic E-state index is 0.120. The number of aryl methyl sites for hydroxylation is 1. The van der Waals surface area contributed by atoms with Gasteiger partial charge in [-0.2, -0.15) is 0 Å². The van der Waals surface area contributed by atoms with Crippen LogP contribution in [0.4, 0.5) is 0 Å². The predicted octanol–water partition coefficient (Wildman–Crippen LogP) is 2.68. The van der Waals surface area contributed by atoms with E-state index in [9.17, 15) is 14.7 Å². The molecule has 0 unspecified atom stereocenters. The molecule has 104 valence electrons. The summed E-state index contributed by atoms with van der Waals surface area (Å²) in [6.07, 6.45) is 4.16. The van der Waals surface area contributed by atoms with Gasteiger partial charge in [-0.1, -0.05) is 19.8 Å². The summed E-state index contributed by atoms with van der Waals surface area (Å²) in [4.78, 5) is 24.2. The summed E-state index contributed by atoms with van der Waals surface area (Å²) in [5.74, 6) is -1.36. The highest BCUT2D eigenvalue weighted by Gasteiger charge is 2.32. The molecule has 0 spiro atoms. The van der Waals surface area contributed by atoms with Crippen molar-refractivity contribution >= 4 is 23.2 Å². The quantitative estimate of drug-likeness (QED) is 0.891. The number of carbonyl (C=O) groups is 2. The highest BCUT2D eigenvalue weighted by Crippen LogP contribution is 2.26. The molecular formula is C14H19NO3S. The lowest BCUT2D eigenvalue weighted by Crippen LogP contribution is -2.45. The van der Waals surface area contributed by atoms with Crippen LogP contribution in [0.1, 0.15) is 47.8 Å². The van der Waals surface area contributed by atoms with Gasteiger partial charge in [0.2, 0.25) is 0 Å². The van der Waals surface area contributed by atoms with Crippen molar-refractivity contribution < 1.29 is 14.7 Å². The molecule has 1 aromatic rings. The molecule has 0 radical (unpaired) electrons. The molecule has 0 aromatic carbocycles. The predicted molar refractivity (Wildman–Crippen MR) is 74.5 cm³/mol. The normalized spacial score (nSPS) is 23.0. The lowest BCUT2D eigenvalue weighted by Gasteiger charge is -2.29. The van der Waals surface area contributed by atoms with Gasteiger partial charge in [0.05, 0.1) is 10.8 Å². The molecule has 2 rings (SSSR count). The summed E-state index contributed by atoms with van der Waals surface area (Å²) in [5.41, 5.74) is 1.03. The van der Waals surface area contributed by atoms with Crippen molar-refractivity contribution in [1.29, 1.82) is 0 Å². The maximum absolute atomic E-state index is 12.2. The highest BCUT2D eigenvalue weighted by atomic mass is 32.1. The number of thiophene rings is 1. The molecule has 1 aliphatic rings. The molecular weight excluding hydrogens is 262 g/mol. The topological polar surface area (TPSA) is 66.4 Å². The number of carbonyl (C=O) groups excluding carboxylic acids is 1. The molecule has 19 heavy (non-hydrogen) atoms. The van der Waals surface area contributed by atoms with Crippen LogP contribution >= 0.6 is 11.3 Å². The van der Waals surface area contributed by atoms with Crippen LogP contribution in [0.25, 0.3) is 0 Å². The van der Waals surface area contributed by atoms with E-state index in [2.05, 4.69) is 5.32 Å². The zero-order chi connectivity index (χ0) is 13.8. The molecule has 1 aliphatic carbocycles. The second-order valence-electron chi connectivity index (χ2n) is 4.94. The number of carboxylic acids is 1. The number of amides is 1. The van der Waals surface area contributed by atoms with Crippen LogP contribution in [0.15, 0.2) is 11.4 Å². The molecule has 0 bridgehead atoms. The molecule has 0 saturated heterocycles. The van der Waals surface area contributed by atoms with E-state index < -0.39 is 11.9 Å². The second-order valence-corrected chi connectivity index (χ2v) is 5.85. The van der Waals surface area contributed by atoms with E-state index in [1.807, 2.05) is 18.4 Å². The number of nitrogens with one attached hydrogen (secondary N) is 1. The Hall–Kier alpha value is -1.36. The minimum atomic E-state index is -0.799. The first-order chi connectivity index (χ1) is 9.13. The highest BCUT2D eigenvalue weighted by molar-refractivity contribution is 7.12. The van der Waals surface area contributed by atoms with Gasteiger partial charge in [0.15, 0.2) is 0 Å². The molecule has 2 atom stereocenters.